The van der Waals surface area contributed by atoms with Gasteiger partial charge in [0.05, 0.1) is 11.1 Å². The molecule has 2 aromatic rings. The van der Waals surface area contributed by atoms with Crippen LogP contribution in [-0.2, 0) is 6.18 Å². The van der Waals surface area contributed by atoms with Crippen molar-refractivity contribution in [2.75, 3.05) is 0 Å². The average Bonchev–Trinajstić information content (AvgIpc) is 2.80. The smallest absolute Gasteiger partial charge is 0.416 e. The molecule has 18 heavy (non-hydrogen) atoms. The highest BCUT2D eigenvalue weighted by Crippen LogP contribution is 2.35. The minimum atomic E-state index is -4.48. The van der Waals surface area contributed by atoms with Gasteiger partial charge in [-0.1, -0.05) is 6.07 Å². The number of benzene rings is 1. The molecule has 0 saturated carbocycles. The van der Waals surface area contributed by atoms with Gasteiger partial charge in [-0.25, -0.2) is 4.79 Å². The van der Waals surface area contributed by atoms with Crippen LogP contribution in [0, 0.1) is 0 Å². The topological polar surface area (TPSA) is 37.3 Å². The number of carbonyl (C=O) groups is 1. The lowest BCUT2D eigenvalue weighted by atomic mass is 10.0. The first kappa shape index (κ1) is 12.6. The lowest BCUT2D eigenvalue weighted by Gasteiger charge is -2.10. The number of carboxylic acid groups (broad SMARTS) is 1. The number of halogens is 3. The standard InChI is InChI=1S/C12H7F3O2S/c13-12(14,15)7-3-4-8(11(16)17)9(6-7)10-2-1-5-18-10/h1-6H,(H,16,17). The Morgan fingerprint density at radius 2 is 1.94 bits per heavy atom. The molecular formula is C12H7F3O2S. The van der Waals surface area contributed by atoms with Crippen LogP contribution in [0.3, 0.4) is 0 Å². The summed E-state index contributed by atoms with van der Waals surface area (Å²) in [7, 11) is 0. The predicted octanol–water partition coefficient (Wildman–Crippen LogP) is 4.13. The van der Waals surface area contributed by atoms with Crippen LogP contribution in [0.15, 0.2) is 35.7 Å². The van der Waals surface area contributed by atoms with Gasteiger partial charge < -0.3 is 5.11 Å². The van der Waals surface area contributed by atoms with Crippen molar-refractivity contribution in [1.29, 1.82) is 0 Å². The maximum Gasteiger partial charge on any atom is 0.416 e. The van der Waals surface area contributed by atoms with E-state index in [2.05, 4.69) is 0 Å². The second kappa shape index (κ2) is 4.45. The Bertz CT molecular complexity index is 574. The van der Waals surface area contributed by atoms with Crippen LogP contribution < -0.4 is 0 Å². The summed E-state index contributed by atoms with van der Waals surface area (Å²) >= 11 is 1.20. The highest BCUT2D eigenvalue weighted by Gasteiger charge is 2.31. The molecule has 1 heterocycles. The molecule has 0 fully saturated rings. The minimum absolute atomic E-state index is 0.0901. The Labute approximate surface area is 104 Å². The molecule has 2 rings (SSSR count). The Hall–Kier alpha value is -1.82. The molecule has 1 aromatic heterocycles. The SMILES string of the molecule is O=C(O)c1ccc(C(F)(F)F)cc1-c1cccs1. The largest absolute Gasteiger partial charge is 0.478 e. The monoisotopic (exact) mass is 272 g/mol. The molecule has 0 spiro atoms. The van der Waals surface area contributed by atoms with Crippen LogP contribution in [0.2, 0.25) is 0 Å². The van der Waals surface area contributed by atoms with Gasteiger partial charge >= 0.3 is 12.1 Å². The summed E-state index contributed by atoms with van der Waals surface area (Å²) < 4.78 is 37.8. The number of rotatable bonds is 2. The zero-order valence-corrected chi connectivity index (χ0v) is 9.68. The Morgan fingerprint density at radius 3 is 2.44 bits per heavy atom. The molecule has 0 aliphatic rings. The molecule has 0 radical (unpaired) electrons. The van der Waals surface area contributed by atoms with Crippen molar-refractivity contribution < 1.29 is 23.1 Å². The first-order chi connectivity index (χ1) is 8.39. The molecule has 0 bridgehead atoms. The van der Waals surface area contributed by atoms with Crippen molar-refractivity contribution in [1.82, 2.24) is 0 Å². The number of carboxylic acids is 1. The molecule has 6 heteroatoms. The third-order valence-corrected chi connectivity index (χ3v) is 3.27. The van der Waals surface area contributed by atoms with E-state index in [0.29, 0.717) is 4.88 Å². The number of alkyl halides is 3. The van der Waals surface area contributed by atoms with E-state index in [0.717, 1.165) is 18.2 Å². The molecule has 94 valence electrons. The maximum atomic E-state index is 12.6. The van der Waals surface area contributed by atoms with Crippen molar-refractivity contribution in [3.63, 3.8) is 0 Å². The molecule has 0 aliphatic carbocycles. The van der Waals surface area contributed by atoms with Crippen LogP contribution in [0.5, 0.6) is 0 Å². The van der Waals surface area contributed by atoms with E-state index in [9.17, 15) is 18.0 Å². The van der Waals surface area contributed by atoms with Crippen LogP contribution in [0.25, 0.3) is 10.4 Å². The maximum absolute atomic E-state index is 12.6. The average molecular weight is 272 g/mol. The predicted molar refractivity (Wildman–Crippen MR) is 61.7 cm³/mol. The van der Waals surface area contributed by atoms with E-state index in [4.69, 9.17) is 5.11 Å². The van der Waals surface area contributed by atoms with Gasteiger partial charge in [-0.15, -0.1) is 11.3 Å². The van der Waals surface area contributed by atoms with Gasteiger partial charge in [-0.2, -0.15) is 13.2 Å². The fourth-order valence-corrected chi connectivity index (χ4v) is 2.30. The van der Waals surface area contributed by atoms with Gasteiger partial charge in [-0.3, -0.25) is 0 Å². The Morgan fingerprint density at radius 1 is 1.22 bits per heavy atom. The molecule has 2 nitrogen and oxygen atoms in total. The van der Waals surface area contributed by atoms with Gasteiger partial charge in [0.25, 0.3) is 0 Å². The van der Waals surface area contributed by atoms with Crippen molar-refractivity contribution in [3.05, 3.63) is 46.8 Å². The van der Waals surface area contributed by atoms with E-state index < -0.39 is 17.7 Å². The fourth-order valence-electron chi connectivity index (χ4n) is 1.54. The fraction of sp³-hybridized carbons (Fsp3) is 0.0833. The molecular weight excluding hydrogens is 265 g/mol. The van der Waals surface area contributed by atoms with Crippen molar-refractivity contribution in [3.8, 4) is 10.4 Å². The zero-order valence-electron chi connectivity index (χ0n) is 8.86. The van der Waals surface area contributed by atoms with E-state index >= 15 is 0 Å². The molecule has 1 aromatic carbocycles. The quantitative estimate of drug-likeness (QED) is 0.892. The minimum Gasteiger partial charge on any atom is -0.478 e. The van der Waals surface area contributed by atoms with Gasteiger partial charge in [-0.05, 0) is 29.6 Å². The van der Waals surface area contributed by atoms with E-state index in [1.54, 1.807) is 17.5 Å². The highest BCUT2D eigenvalue weighted by atomic mass is 32.1. The molecule has 0 aliphatic heterocycles. The summed E-state index contributed by atoms with van der Waals surface area (Å²) in [6.07, 6.45) is -4.48. The first-order valence-corrected chi connectivity index (χ1v) is 5.76. The lowest BCUT2D eigenvalue weighted by molar-refractivity contribution is -0.137. The number of aromatic carboxylic acids is 1. The summed E-state index contributed by atoms with van der Waals surface area (Å²) in [5.41, 5.74) is -0.895. The van der Waals surface area contributed by atoms with E-state index in [1.165, 1.54) is 11.3 Å². The Kier molecular flexibility index (Phi) is 3.13. The Balaban J connectivity index is 2.63. The van der Waals surface area contributed by atoms with Crippen LogP contribution in [0.1, 0.15) is 15.9 Å². The summed E-state index contributed by atoms with van der Waals surface area (Å²) in [5.74, 6) is -1.24. The number of thiophene rings is 1. The second-order valence-electron chi connectivity index (χ2n) is 3.54. The molecule has 0 atom stereocenters. The first-order valence-electron chi connectivity index (χ1n) is 4.88. The van der Waals surface area contributed by atoms with E-state index in [-0.39, 0.29) is 11.1 Å². The van der Waals surface area contributed by atoms with Gasteiger partial charge in [0.2, 0.25) is 0 Å². The van der Waals surface area contributed by atoms with Crippen molar-refractivity contribution >= 4 is 17.3 Å². The number of hydrogen-bond acceptors (Lipinski definition) is 2. The highest BCUT2D eigenvalue weighted by molar-refractivity contribution is 7.13. The van der Waals surface area contributed by atoms with Gasteiger partial charge in [0.1, 0.15) is 0 Å². The summed E-state index contributed by atoms with van der Waals surface area (Å²) in [5, 5.41) is 10.7. The van der Waals surface area contributed by atoms with Gasteiger partial charge in [0.15, 0.2) is 0 Å². The molecule has 0 amide bonds. The van der Waals surface area contributed by atoms with Crippen molar-refractivity contribution in [2.24, 2.45) is 0 Å². The summed E-state index contributed by atoms with van der Waals surface area (Å²) in [6.45, 7) is 0. The second-order valence-corrected chi connectivity index (χ2v) is 4.49. The number of hydrogen-bond donors (Lipinski definition) is 1. The lowest BCUT2D eigenvalue weighted by Crippen LogP contribution is -2.07. The normalized spacial score (nSPS) is 11.5. The van der Waals surface area contributed by atoms with Crippen LogP contribution in [0.4, 0.5) is 13.2 Å². The van der Waals surface area contributed by atoms with Gasteiger partial charge in [0, 0.05) is 10.4 Å². The molecule has 1 N–H and O–H groups in total. The van der Waals surface area contributed by atoms with Crippen molar-refractivity contribution in [2.45, 2.75) is 6.18 Å². The zero-order chi connectivity index (χ0) is 13.3. The summed E-state index contributed by atoms with van der Waals surface area (Å²) in [4.78, 5) is 11.5. The van der Waals surface area contributed by atoms with E-state index in [1.807, 2.05) is 0 Å². The van der Waals surface area contributed by atoms with Crippen LogP contribution >= 0.6 is 11.3 Å². The molecule has 0 unspecified atom stereocenters. The third kappa shape index (κ3) is 2.38. The third-order valence-electron chi connectivity index (χ3n) is 2.36. The molecule has 0 saturated heterocycles. The summed E-state index contributed by atoms with van der Waals surface area (Å²) in [6, 6.07) is 5.88. The van der Waals surface area contributed by atoms with Crippen LogP contribution in [-0.4, -0.2) is 11.1 Å².